The second-order valence-corrected chi connectivity index (χ2v) is 3.79. The predicted molar refractivity (Wildman–Crippen MR) is 39.8 cm³/mol. The molecular weight excluding hydrogens is 126 g/mol. The molecule has 0 unspecified atom stereocenters. The Morgan fingerprint density at radius 3 is 2.80 bits per heavy atom. The maximum atomic E-state index is 8.89. The number of aliphatic hydroxyl groups excluding tert-OH is 1. The van der Waals surface area contributed by atoms with Crippen LogP contribution in [0.3, 0.4) is 0 Å². The van der Waals surface area contributed by atoms with Crippen molar-refractivity contribution in [3.05, 3.63) is 0 Å². The van der Waals surface area contributed by atoms with E-state index in [1.54, 1.807) is 0 Å². The molecule has 0 aromatic rings. The molecule has 1 aliphatic carbocycles. The van der Waals surface area contributed by atoms with Crippen molar-refractivity contribution >= 4 is 0 Å². The molecule has 1 aliphatic heterocycles. The summed E-state index contributed by atoms with van der Waals surface area (Å²) in [5, 5.41) is 12.2. The Hall–Kier alpha value is -0.0800. The molecule has 2 fully saturated rings. The molecule has 0 aromatic heterocycles. The highest BCUT2D eigenvalue weighted by molar-refractivity contribution is 4.99. The standard InChI is InChI=1S/C8H15NO/c10-6-7-5-8(1-2-8)3-4-9-7/h7,9-10H,1-6H2/t7-/m0/s1. The first-order chi connectivity index (χ1) is 4.85. The molecule has 2 rings (SSSR count). The van der Waals surface area contributed by atoms with Gasteiger partial charge in [-0.2, -0.15) is 0 Å². The molecule has 1 saturated carbocycles. The highest BCUT2D eigenvalue weighted by Gasteiger charge is 2.45. The van der Waals surface area contributed by atoms with Crippen molar-refractivity contribution in [1.82, 2.24) is 5.32 Å². The van der Waals surface area contributed by atoms with Crippen LogP contribution in [0.15, 0.2) is 0 Å². The second kappa shape index (κ2) is 2.21. The van der Waals surface area contributed by atoms with Crippen LogP contribution < -0.4 is 5.32 Å². The van der Waals surface area contributed by atoms with Crippen molar-refractivity contribution in [3.8, 4) is 0 Å². The summed E-state index contributed by atoms with van der Waals surface area (Å²) < 4.78 is 0. The van der Waals surface area contributed by atoms with Crippen molar-refractivity contribution in [2.45, 2.75) is 31.7 Å². The van der Waals surface area contributed by atoms with Gasteiger partial charge in [0.1, 0.15) is 0 Å². The molecule has 0 radical (unpaired) electrons. The summed E-state index contributed by atoms with van der Waals surface area (Å²) >= 11 is 0. The minimum atomic E-state index is 0.321. The molecule has 1 heterocycles. The molecule has 1 spiro atoms. The monoisotopic (exact) mass is 141 g/mol. The van der Waals surface area contributed by atoms with Crippen LogP contribution >= 0.6 is 0 Å². The van der Waals surface area contributed by atoms with E-state index in [0.717, 1.165) is 6.54 Å². The van der Waals surface area contributed by atoms with Crippen molar-refractivity contribution in [2.75, 3.05) is 13.2 Å². The van der Waals surface area contributed by atoms with E-state index in [4.69, 9.17) is 5.11 Å². The van der Waals surface area contributed by atoms with E-state index in [1.807, 2.05) is 0 Å². The largest absolute Gasteiger partial charge is 0.395 e. The fraction of sp³-hybridized carbons (Fsp3) is 1.00. The highest BCUT2D eigenvalue weighted by Crippen LogP contribution is 2.53. The van der Waals surface area contributed by atoms with Gasteiger partial charge in [0.2, 0.25) is 0 Å². The summed E-state index contributed by atoms with van der Waals surface area (Å²) in [7, 11) is 0. The van der Waals surface area contributed by atoms with Crippen LogP contribution in [0.5, 0.6) is 0 Å². The van der Waals surface area contributed by atoms with Crippen molar-refractivity contribution < 1.29 is 5.11 Å². The summed E-state index contributed by atoms with van der Waals surface area (Å²) in [5.74, 6) is 0. The van der Waals surface area contributed by atoms with E-state index >= 15 is 0 Å². The Labute approximate surface area is 61.6 Å². The van der Waals surface area contributed by atoms with Gasteiger partial charge in [-0.25, -0.2) is 0 Å². The van der Waals surface area contributed by atoms with Gasteiger partial charge in [0.25, 0.3) is 0 Å². The Morgan fingerprint density at radius 1 is 1.40 bits per heavy atom. The van der Waals surface area contributed by atoms with Crippen LogP contribution in [0.2, 0.25) is 0 Å². The molecule has 0 bridgehead atoms. The van der Waals surface area contributed by atoms with Gasteiger partial charge in [0.05, 0.1) is 6.61 Å². The first kappa shape index (κ1) is 6.62. The van der Waals surface area contributed by atoms with E-state index in [1.165, 1.54) is 25.7 Å². The van der Waals surface area contributed by atoms with Gasteiger partial charge in [0.15, 0.2) is 0 Å². The van der Waals surface area contributed by atoms with E-state index in [2.05, 4.69) is 5.32 Å². The van der Waals surface area contributed by atoms with Crippen molar-refractivity contribution in [2.24, 2.45) is 5.41 Å². The van der Waals surface area contributed by atoms with Crippen LogP contribution in [0, 0.1) is 5.41 Å². The average molecular weight is 141 g/mol. The number of hydrogen-bond acceptors (Lipinski definition) is 2. The third kappa shape index (κ3) is 1.06. The summed E-state index contributed by atoms with van der Waals surface area (Å²) in [6.45, 7) is 1.44. The average Bonchev–Trinajstić information content (AvgIpc) is 2.70. The zero-order valence-corrected chi connectivity index (χ0v) is 6.27. The highest BCUT2D eigenvalue weighted by atomic mass is 16.3. The Balaban J connectivity index is 1.91. The summed E-state index contributed by atoms with van der Waals surface area (Å²) in [6, 6.07) is 0.399. The first-order valence-corrected chi connectivity index (χ1v) is 4.19. The Kier molecular flexibility index (Phi) is 1.46. The number of rotatable bonds is 1. The van der Waals surface area contributed by atoms with Gasteiger partial charge < -0.3 is 10.4 Å². The lowest BCUT2D eigenvalue weighted by atomic mass is 9.90. The molecule has 2 aliphatic rings. The lowest BCUT2D eigenvalue weighted by molar-refractivity contribution is 0.183. The molecule has 10 heavy (non-hydrogen) atoms. The predicted octanol–water partition coefficient (Wildman–Crippen LogP) is 0.511. The van der Waals surface area contributed by atoms with Gasteiger partial charge in [0, 0.05) is 6.04 Å². The summed E-state index contributed by atoms with van der Waals surface area (Å²) in [4.78, 5) is 0. The van der Waals surface area contributed by atoms with E-state index < -0.39 is 0 Å². The van der Waals surface area contributed by atoms with Gasteiger partial charge in [-0.05, 0) is 37.6 Å². The van der Waals surface area contributed by atoms with E-state index in [0.29, 0.717) is 18.1 Å². The van der Waals surface area contributed by atoms with Gasteiger partial charge >= 0.3 is 0 Å². The molecule has 2 heteroatoms. The van der Waals surface area contributed by atoms with Crippen molar-refractivity contribution in [3.63, 3.8) is 0 Å². The molecule has 0 amide bonds. The minimum Gasteiger partial charge on any atom is -0.395 e. The number of hydrogen-bond donors (Lipinski definition) is 2. The molecule has 2 N–H and O–H groups in total. The lowest BCUT2D eigenvalue weighted by Crippen LogP contribution is -2.41. The normalized spacial score (nSPS) is 36.3. The third-order valence-corrected chi connectivity index (χ3v) is 2.95. The SMILES string of the molecule is OC[C@@H]1CC2(CCN1)CC2. The fourth-order valence-corrected chi connectivity index (χ4v) is 2.00. The number of piperidine rings is 1. The maximum Gasteiger partial charge on any atom is 0.0584 e. The molecular formula is C8H15NO. The smallest absolute Gasteiger partial charge is 0.0584 e. The van der Waals surface area contributed by atoms with Crippen LogP contribution in [0.25, 0.3) is 0 Å². The second-order valence-electron chi connectivity index (χ2n) is 3.79. The van der Waals surface area contributed by atoms with Gasteiger partial charge in [-0.3, -0.25) is 0 Å². The molecule has 2 nitrogen and oxygen atoms in total. The topological polar surface area (TPSA) is 32.3 Å². The van der Waals surface area contributed by atoms with Crippen LogP contribution in [0.1, 0.15) is 25.7 Å². The first-order valence-electron chi connectivity index (χ1n) is 4.19. The number of aliphatic hydroxyl groups is 1. The van der Waals surface area contributed by atoms with Crippen LogP contribution in [0.4, 0.5) is 0 Å². The van der Waals surface area contributed by atoms with Crippen molar-refractivity contribution in [1.29, 1.82) is 0 Å². The van der Waals surface area contributed by atoms with Gasteiger partial charge in [-0.15, -0.1) is 0 Å². The zero-order chi connectivity index (χ0) is 7.03. The summed E-state index contributed by atoms with van der Waals surface area (Å²) in [6.07, 6.45) is 5.36. The zero-order valence-electron chi connectivity index (χ0n) is 6.27. The van der Waals surface area contributed by atoms with Crippen LogP contribution in [-0.2, 0) is 0 Å². The fourth-order valence-electron chi connectivity index (χ4n) is 2.00. The Morgan fingerprint density at radius 2 is 2.20 bits per heavy atom. The Bertz CT molecular complexity index is 131. The quantitative estimate of drug-likeness (QED) is 0.557. The van der Waals surface area contributed by atoms with E-state index in [-0.39, 0.29) is 0 Å². The van der Waals surface area contributed by atoms with Crippen LogP contribution in [-0.4, -0.2) is 24.3 Å². The minimum absolute atomic E-state index is 0.321. The number of nitrogens with one attached hydrogen (secondary N) is 1. The van der Waals surface area contributed by atoms with E-state index in [9.17, 15) is 0 Å². The van der Waals surface area contributed by atoms with Gasteiger partial charge in [-0.1, -0.05) is 0 Å². The third-order valence-electron chi connectivity index (χ3n) is 2.95. The molecule has 58 valence electrons. The lowest BCUT2D eigenvalue weighted by Gasteiger charge is -2.28. The summed E-state index contributed by atoms with van der Waals surface area (Å²) in [5.41, 5.74) is 0.679. The molecule has 1 atom stereocenters. The molecule has 1 saturated heterocycles. The molecule has 0 aromatic carbocycles. The maximum absolute atomic E-state index is 8.89.